The van der Waals surface area contributed by atoms with Crippen LogP contribution in [0.2, 0.25) is 5.02 Å². The van der Waals surface area contributed by atoms with Crippen LogP contribution in [0.25, 0.3) is 6.08 Å². The van der Waals surface area contributed by atoms with Gasteiger partial charge in [-0.1, -0.05) is 11.6 Å². The van der Waals surface area contributed by atoms with Gasteiger partial charge in [-0.15, -0.1) is 0 Å². The molecule has 1 N–H and O–H groups in total. The van der Waals surface area contributed by atoms with E-state index in [4.69, 9.17) is 16.3 Å². The van der Waals surface area contributed by atoms with Crippen LogP contribution in [0.5, 0.6) is 0 Å². The molecule has 1 aromatic heterocycles. The van der Waals surface area contributed by atoms with Gasteiger partial charge in [-0.25, -0.2) is 9.78 Å². The standard InChI is InChI=1S/C18H22ClN3O3/c1-2-25-16(23)6-3-12-9-15(19)17(20-10-12)21-14-7-8-22(11-14)18(24)13-4-5-13/h3,6,9-10,13-14H,2,4-5,7-8,11H2,1H3,(H,20,21)/t14-/m1/s1. The fourth-order valence-electron chi connectivity index (χ4n) is 2.86. The maximum absolute atomic E-state index is 12.1. The Morgan fingerprint density at radius 2 is 2.24 bits per heavy atom. The fraction of sp³-hybridized carbons (Fsp3) is 0.500. The van der Waals surface area contributed by atoms with E-state index in [1.54, 1.807) is 25.3 Å². The number of aromatic nitrogens is 1. The third-order valence-electron chi connectivity index (χ3n) is 4.33. The van der Waals surface area contributed by atoms with Gasteiger partial charge in [0.05, 0.1) is 11.6 Å². The van der Waals surface area contributed by atoms with E-state index in [-0.39, 0.29) is 17.9 Å². The molecular formula is C18H22ClN3O3. The molecular weight excluding hydrogens is 342 g/mol. The molecule has 2 aliphatic rings. The number of ether oxygens (including phenoxy) is 1. The maximum Gasteiger partial charge on any atom is 0.330 e. The lowest BCUT2D eigenvalue weighted by Crippen LogP contribution is -2.32. The molecule has 1 aliphatic carbocycles. The van der Waals surface area contributed by atoms with Crippen LogP contribution in [-0.4, -0.2) is 47.5 Å². The first-order valence-corrected chi connectivity index (χ1v) is 9.00. The summed E-state index contributed by atoms with van der Waals surface area (Å²) in [6, 6.07) is 1.91. The summed E-state index contributed by atoms with van der Waals surface area (Å²) in [7, 11) is 0. The highest BCUT2D eigenvalue weighted by Crippen LogP contribution is 2.32. The summed E-state index contributed by atoms with van der Waals surface area (Å²) in [4.78, 5) is 29.7. The van der Waals surface area contributed by atoms with Crippen LogP contribution in [0.15, 0.2) is 18.3 Å². The quantitative estimate of drug-likeness (QED) is 0.621. The predicted molar refractivity (Wildman–Crippen MR) is 96.2 cm³/mol. The molecule has 7 heteroatoms. The largest absolute Gasteiger partial charge is 0.463 e. The molecule has 25 heavy (non-hydrogen) atoms. The minimum absolute atomic E-state index is 0.161. The van der Waals surface area contributed by atoms with Gasteiger partial charge >= 0.3 is 5.97 Å². The molecule has 0 bridgehead atoms. The number of amides is 1. The Bertz CT molecular complexity index is 688. The molecule has 6 nitrogen and oxygen atoms in total. The van der Waals surface area contributed by atoms with Gasteiger partial charge in [-0.2, -0.15) is 0 Å². The van der Waals surface area contributed by atoms with Crippen LogP contribution < -0.4 is 5.32 Å². The SMILES string of the molecule is CCOC(=O)C=Cc1cnc(N[C@@H]2CCN(C(=O)C3CC3)C2)c(Cl)c1. The molecule has 0 unspecified atom stereocenters. The maximum atomic E-state index is 12.1. The average molecular weight is 364 g/mol. The first-order valence-electron chi connectivity index (χ1n) is 8.62. The molecule has 2 heterocycles. The number of anilines is 1. The fourth-order valence-corrected chi connectivity index (χ4v) is 3.09. The smallest absolute Gasteiger partial charge is 0.330 e. The molecule has 134 valence electrons. The third kappa shape index (κ3) is 4.72. The lowest BCUT2D eigenvalue weighted by atomic mass is 10.2. The van der Waals surface area contributed by atoms with Gasteiger partial charge in [-0.05, 0) is 43.9 Å². The molecule has 1 saturated carbocycles. The Morgan fingerprint density at radius 1 is 1.44 bits per heavy atom. The number of carbonyl (C=O) groups is 2. The summed E-state index contributed by atoms with van der Waals surface area (Å²) in [5, 5.41) is 3.80. The second-order valence-corrected chi connectivity index (χ2v) is 6.78. The van der Waals surface area contributed by atoms with Gasteiger partial charge in [-0.3, -0.25) is 4.79 Å². The molecule has 3 rings (SSSR count). The number of likely N-dealkylation sites (tertiary alicyclic amines) is 1. The van der Waals surface area contributed by atoms with E-state index >= 15 is 0 Å². The highest BCUT2D eigenvalue weighted by atomic mass is 35.5. The van der Waals surface area contributed by atoms with Crippen molar-refractivity contribution in [1.29, 1.82) is 0 Å². The average Bonchev–Trinajstić information content (AvgIpc) is 3.34. The highest BCUT2D eigenvalue weighted by Gasteiger charge is 2.36. The molecule has 0 aromatic carbocycles. The Balaban J connectivity index is 1.56. The lowest BCUT2D eigenvalue weighted by molar-refractivity contribution is -0.137. The van der Waals surface area contributed by atoms with Crippen molar-refractivity contribution in [2.24, 2.45) is 5.92 Å². The van der Waals surface area contributed by atoms with Crippen LogP contribution in [0.3, 0.4) is 0 Å². The van der Waals surface area contributed by atoms with Gasteiger partial charge in [0, 0.05) is 37.3 Å². The van der Waals surface area contributed by atoms with Crippen molar-refractivity contribution in [1.82, 2.24) is 9.88 Å². The van der Waals surface area contributed by atoms with Gasteiger partial charge < -0.3 is 15.0 Å². The molecule has 1 amide bonds. The molecule has 0 spiro atoms. The normalized spacial score (nSPS) is 20.1. The minimum Gasteiger partial charge on any atom is -0.463 e. The Morgan fingerprint density at radius 3 is 2.92 bits per heavy atom. The van der Waals surface area contributed by atoms with Crippen molar-refractivity contribution >= 4 is 35.4 Å². The predicted octanol–water partition coefficient (Wildman–Crippen LogP) is 2.73. The summed E-state index contributed by atoms with van der Waals surface area (Å²) in [6.45, 7) is 3.57. The van der Waals surface area contributed by atoms with Crippen molar-refractivity contribution in [3.8, 4) is 0 Å². The second kappa shape index (κ2) is 7.87. The van der Waals surface area contributed by atoms with E-state index in [1.165, 1.54) is 6.08 Å². The van der Waals surface area contributed by atoms with Crippen molar-refractivity contribution in [3.05, 3.63) is 28.9 Å². The summed E-state index contributed by atoms with van der Waals surface area (Å²) in [5.41, 5.74) is 0.723. The van der Waals surface area contributed by atoms with Gasteiger partial charge in [0.15, 0.2) is 0 Å². The van der Waals surface area contributed by atoms with Crippen molar-refractivity contribution < 1.29 is 14.3 Å². The number of pyridine rings is 1. The Kier molecular flexibility index (Phi) is 5.58. The van der Waals surface area contributed by atoms with E-state index in [0.717, 1.165) is 31.4 Å². The molecule has 1 aliphatic heterocycles. The van der Waals surface area contributed by atoms with Crippen LogP contribution in [0, 0.1) is 5.92 Å². The number of esters is 1. The summed E-state index contributed by atoms with van der Waals surface area (Å²) in [5.74, 6) is 0.738. The second-order valence-electron chi connectivity index (χ2n) is 6.37. The van der Waals surface area contributed by atoms with E-state index in [0.29, 0.717) is 24.0 Å². The first-order chi connectivity index (χ1) is 12.1. The van der Waals surface area contributed by atoms with Crippen molar-refractivity contribution in [2.45, 2.75) is 32.2 Å². The number of nitrogens with one attached hydrogen (secondary N) is 1. The van der Waals surface area contributed by atoms with Gasteiger partial charge in [0.2, 0.25) is 5.91 Å². The number of halogens is 1. The zero-order valence-electron chi connectivity index (χ0n) is 14.2. The van der Waals surface area contributed by atoms with Gasteiger partial charge in [0.1, 0.15) is 5.82 Å². The Hall–Kier alpha value is -2.08. The zero-order valence-corrected chi connectivity index (χ0v) is 15.0. The van der Waals surface area contributed by atoms with E-state index < -0.39 is 5.97 Å². The number of carbonyl (C=O) groups excluding carboxylic acids is 2. The minimum atomic E-state index is -0.396. The molecule has 0 radical (unpaired) electrons. The zero-order chi connectivity index (χ0) is 17.8. The Labute approximate surface area is 152 Å². The van der Waals surface area contributed by atoms with Crippen LogP contribution in [0.1, 0.15) is 31.7 Å². The van der Waals surface area contributed by atoms with Gasteiger partial charge in [0.25, 0.3) is 0 Å². The number of rotatable bonds is 6. The lowest BCUT2D eigenvalue weighted by Gasteiger charge is -2.17. The summed E-state index contributed by atoms with van der Waals surface area (Å²) >= 11 is 6.29. The monoisotopic (exact) mass is 363 g/mol. The number of nitrogens with zero attached hydrogens (tertiary/aromatic N) is 2. The molecule has 2 fully saturated rings. The molecule has 1 aromatic rings. The molecule has 1 saturated heterocycles. The summed E-state index contributed by atoms with van der Waals surface area (Å²) < 4.78 is 4.83. The first kappa shape index (κ1) is 17.7. The highest BCUT2D eigenvalue weighted by molar-refractivity contribution is 6.33. The van der Waals surface area contributed by atoms with Crippen LogP contribution in [0.4, 0.5) is 5.82 Å². The molecule has 1 atom stereocenters. The van der Waals surface area contributed by atoms with E-state index in [2.05, 4.69) is 10.3 Å². The van der Waals surface area contributed by atoms with E-state index in [9.17, 15) is 9.59 Å². The third-order valence-corrected chi connectivity index (χ3v) is 4.62. The van der Waals surface area contributed by atoms with E-state index in [1.807, 2.05) is 4.90 Å². The van der Waals surface area contributed by atoms with Crippen LogP contribution >= 0.6 is 11.6 Å². The number of hydrogen-bond acceptors (Lipinski definition) is 5. The van der Waals surface area contributed by atoms with Crippen molar-refractivity contribution in [3.63, 3.8) is 0 Å². The van der Waals surface area contributed by atoms with Crippen molar-refractivity contribution in [2.75, 3.05) is 25.0 Å². The van der Waals surface area contributed by atoms with Crippen LogP contribution in [-0.2, 0) is 14.3 Å². The summed E-state index contributed by atoms with van der Waals surface area (Å²) in [6.07, 6.45) is 7.56. The topological polar surface area (TPSA) is 71.5 Å². The number of hydrogen-bond donors (Lipinski definition) is 1.